The lowest BCUT2D eigenvalue weighted by Crippen LogP contribution is -2.07. The minimum atomic E-state index is -0.307. The van der Waals surface area contributed by atoms with E-state index in [1.54, 1.807) is 6.07 Å². The lowest BCUT2D eigenvalue weighted by molar-refractivity contribution is -0.144. The van der Waals surface area contributed by atoms with Crippen molar-refractivity contribution in [2.45, 2.75) is 13.0 Å². The Morgan fingerprint density at radius 3 is 2.76 bits per heavy atom. The summed E-state index contributed by atoms with van der Waals surface area (Å²) in [6.07, 6.45) is 0.230. The highest BCUT2D eigenvalue weighted by Crippen LogP contribution is 2.36. The molecule has 1 aromatic heterocycles. The molecule has 2 heterocycles. The summed E-state index contributed by atoms with van der Waals surface area (Å²) in [6.45, 7) is 0.289. The normalized spacial score (nSPS) is 12.2. The number of rotatable bonds is 5. The van der Waals surface area contributed by atoms with Crippen molar-refractivity contribution in [2.24, 2.45) is 0 Å². The summed E-state index contributed by atoms with van der Waals surface area (Å²) >= 11 is 0. The van der Waals surface area contributed by atoms with Crippen LogP contribution in [0.5, 0.6) is 11.5 Å². The molecule has 0 spiro atoms. The van der Waals surface area contributed by atoms with Crippen LogP contribution in [0.15, 0.2) is 59.1 Å². The quantitative estimate of drug-likeness (QED) is 0.665. The molecule has 6 heteroatoms. The van der Waals surface area contributed by atoms with Crippen molar-refractivity contribution in [2.75, 3.05) is 6.79 Å². The summed E-state index contributed by atoms with van der Waals surface area (Å²) < 4.78 is 21.2. The number of ether oxygens (including phenoxy) is 3. The molecular formula is C19H15NO5. The highest BCUT2D eigenvalue weighted by molar-refractivity contribution is 5.72. The minimum Gasteiger partial charge on any atom is -0.459 e. The van der Waals surface area contributed by atoms with Crippen LogP contribution < -0.4 is 9.47 Å². The van der Waals surface area contributed by atoms with Gasteiger partial charge in [-0.2, -0.15) is 0 Å². The molecule has 4 rings (SSSR count). The van der Waals surface area contributed by atoms with Gasteiger partial charge in [0, 0.05) is 11.6 Å². The first-order valence-electron chi connectivity index (χ1n) is 7.83. The van der Waals surface area contributed by atoms with E-state index in [9.17, 15) is 4.79 Å². The Labute approximate surface area is 143 Å². The third-order valence-corrected chi connectivity index (χ3v) is 3.79. The predicted octanol–water partition coefficient (Wildman–Crippen LogP) is 3.36. The number of benzene rings is 2. The van der Waals surface area contributed by atoms with Gasteiger partial charge in [0.05, 0.1) is 6.42 Å². The molecule has 0 bridgehead atoms. The van der Waals surface area contributed by atoms with Gasteiger partial charge in [-0.3, -0.25) is 4.79 Å². The Balaban J connectivity index is 1.37. The smallest absolute Gasteiger partial charge is 0.310 e. The highest BCUT2D eigenvalue weighted by Gasteiger charge is 2.16. The van der Waals surface area contributed by atoms with Crippen molar-refractivity contribution < 1.29 is 23.5 Å². The summed E-state index contributed by atoms with van der Waals surface area (Å²) in [7, 11) is 0. The Morgan fingerprint density at radius 1 is 1.04 bits per heavy atom. The largest absolute Gasteiger partial charge is 0.459 e. The van der Waals surface area contributed by atoms with Crippen molar-refractivity contribution in [1.82, 2.24) is 5.16 Å². The lowest BCUT2D eigenvalue weighted by atomic mass is 10.1. The zero-order valence-electron chi connectivity index (χ0n) is 13.3. The van der Waals surface area contributed by atoms with E-state index in [1.165, 1.54) is 0 Å². The molecule has 0 atom stereocenters. The van der Waals surface area contributed by atoms with Gasteiger partial charge in [-0.1, -0.05) is 35.5 Å². The van der Waals surface area contributed by atoms with E-state index in [-0.39, 0.29) is 25.8 Å². The molecule has 126 valence electrons. The fraction of sp³-hybridized carbons (Fsp3) is 0.158. The van der Waals surface area contributed by atoms with Crippen molar-refractivity contribution in [3.05, 3.63) is 65.9 Å². The van der Waals surface area contributed by atoms with Crippen LogP contribution in [0.4, 0.5) is 0 Å². The van der Waals surface area contributed by atoms with E-state index in [0.29, 0.717) is 23.0 Å². The first kappa shape index (κ1) is 15.3. The number of fused-ring (bicyclic) bond motifs is 1. The van der Waals surface area contributed by atoms with Crippen LogP contribution >= 0.6 is 0 Å². The average Bonchev–Trinajstić information content (AvgIpc) is 3.29. The molecule has 2 aromatic carbocycles. The van der Waals surface area contributed by atoms with Crippen molar-refractivity contribution in [3.63, 3.8) is 0 Å². The van der Waals surface area contributed by atoms with Gasteiger partial charge in [0.1, 0.15) is 12.3 Å². The zero-order valence-corrected chi connectivity index (χ0v) is 13.3. The number of hydrogen-bond donors (Lipinski definition) is 0. The molecule has 0 N–H and O–H groups in total. The zero-order chi connectivity index (χ0) is 17.1. The molecule has 0 aliphatic carbocycles. The van der Waals surface area contributed by atoms with Crippen molar-refractivity contribution >= 4 is 5.97 Å². The standard InChI is InChI=1S/C19H15NO5/c21-19(8-13-4-2-1-3-5-13)22-11-15-10-17(25-20-15)14-6-7-16-18(9-14)24-12-23-16/h1-7,9-10H,8,11-12H2. The molecule has 1 aliphatic rings. The van der Waals surface area contributed by atoms with Gasteiger partial charge in [-0.05, 0) is 23.8 Å². The van der Waals surface area contributed by atoms with E-state index in [4.69, 9.17) is 18.7 Å². The molecule has 3 aromatic rings. The molecule has 0 fully saturated rings. The third kappa shape index (κ3) is 3.47. The lowest BCUT2D eigenvalue weighted by Gasteiger charge is -2.02. The van der Waals surface area contributed by atoms with E-state index in [2.05, 4.69) is 5.16 Å². The average molecular weight is 337 g/mol. The Morgan fingerprint density at radius 2 is 1.88 bits per heavy atom. The monoisotopic (exact) mass is 337 g/mol. The second kappa shape index (κ2) is 6.68. The van der Waals surface area contributed by atoms with Crippen molar-refractivity contribution in [1.29, 1.82) is 0 Å². The maximum absolute atomic E-state index is 11.9. The maximum atomic E-state index is 11.9. The van der Waals surface area contributed by atoms with Gasteiger partial charge in [0.15, 0.2) is 17.3 Å². The van der Waals surface area contributed by atoms with Gasteiger partial charge in [0.2, 0.25) is 6.79 Å². The van der Waals surface area contributed by atoms with Gasteiger partial charge in [-0.25, -0.2) is 0 Å². The molecule has 0 unspecified atom stereocenters. The molecule has 0 amide bonds. The summed E-state index contributed by atoms with van der Waals surface area (Å²) in [5.41, 5.74) is 2.28. The molecular weight excluding hydrogens is 322 g/mol. The molecule has 0 saturated heterocycles. The predicted molar refractivity (Wildman–Crippen MR) is 88.0 cm³/mol. The number of aromatic nitrogens is 1. The van der Waals surface area contributed by atoms with Gasteiger partial charge in [-0.15, -0.1) is 0 Å². The van der Waals surface area contributed by atoms with Crippen LogP contribution in [0, 0.1) is 0 Å². The molecule has 0 saturated carbocycles. The van der Waals surface area contributed by atoms with E-state index < -0.39 is 0 Å². The number of nitrogens with zero attached hydrogens (tertiary/aromatic N) is 1. The van der Waals surface area contributed by atoms with Gasteiger partial charge in [0.25, 0.3) is 0 Å². The van der Waals surface area contributed by atoms with Crippen LogP contribution in [-0.4, -0.2) is 17.9 Å². The SMILES string of the molecule is O=C(Cc1ccccc1)OCc1cc(-c2ccc3c(c2)OCO3)on1. The van der Waals surface area contributed by atoms with Gasteiger partial charge >= 0.3 is 5.97 Å². The van der Waals surface area contributed by atoms with E-state index in [0.717, 1.165) is 11.1 Å². The number of carbonyl (C=O) groups excluding carboxylic acids is 1. The number of carbonyl (C=O) groups is 1. The Kier molecular flexibility index (Phi) is 4.08. The molecule has 6 nitrogen and oxygen atoms in total. The second-order valence-electron chi connectivity index (χ2n) is 5.57. The fourth-order valence-corrected chi connectivity index (χ4v) is 2.53. The van der Waals surface area contributed by atoms with Crippen LogP contribution in [0.1, 0.15) is 11.3 Å². The van der Waals surface area contributed by atoms with Crippen LogP contribution in [-0.2, 0) is 22.6 Å². The Bertz CT molecular complexity index is 888. The second-order valence-corrected chi connectivity index (χ2v) is 5.57. The van der Waals surface area contributed by atoms with Crippen LogP contribution in [0.2, 0.25) is 0 Å². The summed E-state index contributed by atoms with van der Waals surface area (Å²) in [4.78, 5) is 11.9. The van der Waals surface area contributed by atoms with E-state index >= 15 is 0 Å². The minimum absolute atomic E-state index is 0.0692. The fourth-order valence-electron chi connectivity index (χ4n) is 2.53. The molecule has 25 heavy (non-hydrogen) atoms. The summed E-state index contributed by atoms with van der Waals surface area (Å²) in [5, 5.41) is 3.94. The van der Waals surface area contributed by atoms with Crippen molar-refractivity contribution in [3.8, 4) is 22.8 Å². The topological polar surface area (TPSA) is 70.8 Å². The van der Waals surface area contributed by atoms with E-state index in [1.807, 2.05) is 48.5 Å². The number of esters is 1. The maximum Gasteiger partial charge on any atom is 0.310 e. The first-order chi connectivity index (χ1) is 12.3. The van der Waals surface area contributed by atoms with Crippen LogP contribution in [0.25, 0.3) is 11.3 Å². The third-order valence-electron chi connectivity index (χ3n) is 3.79. The number of hydrogen-bond acceptors (Lipinski definition) is 6. The first-order valence-corrected chi connectivity index (χ1v) is 7.83. The highest BCUT2D eigenvalue weighted by atomic mass is 16.7. The Hall–Kier alpha value is -3.28. The summed E-state index contributed by atoms with van der Waals surface area (Å²) in [5.74, 6) is 1.65. The molecule has 0 radical (unpaired) electrons. The molecule has 1 aliphatic heterocycles. The van der Waals surface area contributed by atoms with Gasteiger partial charge < -0.3 is 18.7 Å². The summed E-state index contributed by atoms with van der Waals surface area (Å²) in [6, 6.07) is 16.7. The van der Waals surface area contributed by atoms with Crippen LogP contribution in [0.3, 0.4) is 0 Å².